The molecular weight excluding hydrogens is 353 g/mol. The Kier molecular flexibility index (Phi) is 4.04. The third-order valence-corrected chi connectivity index (χ3v) is 4.61. The first kappa shape index (κ1) is 17.0. The minimum atomic E-state index is -4.57. The lowest BCUT2D eigenvalue weighted by Crippen LogP contribution is -2.15. The number of aromatic nitrogens is 2. The molecule has 0 unspecified atom stereocenters. The average molecular weight is 366 g/mol. The minimum absolute atomic E-state index is 0.370. The molecule has 0 bridgehead atoms. The lowest BCUT2D eigenvalue weighted by Gasteiger charge is -2.21. The highest BCUT2D eigenvalue weighted by molar-refractivity contribution is 5.75. The van der Waals surface area contributed by atoms with E-state index in [0.717, 1.165) is 34.9 Å². The van der Waals surface area contributed by atoms with Gasteiger partial charge in [0, 0.05) is 35.9 Å². The molecule has 1 aliphatic rings. The summed E-state index contributed by atoms with van der Waals surface area (Å²) in [7, 11) is 0. The molecule has 3 aromatic rings. The van der Waals surface area contributed by atoms with Crippen LogP contribution in [-0.4, -0.2) is 16.5 Å². The molecule has 4 rings (SSSR count). The number of nitrogens with zero attached hydrogens (tertiary/aromatic N) is 4. The van der Waals surface area contributed by atoms with Crippen LogP contribution in [0.2, 0.25) is 0 Å². The fraction of sp³-hybridized carbons (Fsp3) is 0.150. The van der Waals surface area contributed by atoms with Crippen molar-refractivity contribution in [2.24, 2.45) is 0 Å². The van der Waals surface area contributed by atoms with Crippen molar-refractivity contribution in [3.8, 4) is 17.2 Å². The molecule has 7 heteroatoms. The summed E-state index contributed by atoms with van der Waals surface area (Å²) in [6.07, 6.45) is 1.05. The van der Waals surface area contributed by atoms with Crippen LogP contribution in [0.25, 0.3) is 11.1 Å². The summed E-state index contributed by atoms with van der Waals surface area (Å²) in [5.41, 5.74) is 2.92. The van der Waals surface area contributed by atoms with Crippen molar-refractivity contribution in [1.29, 1.82) is 5.26 Å². The first-order valence-corrected chi connectivity index (χ1v) is 8.24. The molecule has 0 atom stereocenters. The van der Waals surface area contributed by atoms with Gasteiger partial charge in [-0.05, 0) is 47.9 Å². The van der Waals surface area contributed by atoms with Gasteiger partial charge in [-0.15, -0.1) is 0 Å². The maximum absolute atomic E-state index is 13.3. The van der Waals surface area contributed by atoms with Crippen LogP contribution in [-0.2, 0) is 12.6 Å². The van der Waals surface area contributed by atoms with Crippen LogP contribution in [0.5, 0.6) is 0 Å². The van der Waals surface area contributed by atoms with Crippen molar-refractivity contribution in [2.75, 3.05) is 11.4 Å². The van der Waals surface area contributed by atoms with E-state index in [1.54, 1.807) is 24.5 Å². The summed E-state index contributed by atoms with van der Waals surface area (Å²) in [5, 5.41) is 8.96. The number of benzene rings is 2. The van der Waals surface area contributed by atoms with Crippen molar-refractivity contribution in [2.45, 2.75) is 12.6 Å². The summed E-state index contributed by atoms with van der Waals surface area (Å²) in [5.74, 6) is 0. The number of hydrogen-bond donors (Lipinski definition) is 0. The number of hydrogen-bond acceptors (Lipinski definition) is 4. The number of rotatable bonds is 2. The van der Waals surface area contributed by atoms with E-state index in [4.69, 9.17) is 5.26 Å². The molecule has 134 valence electrons. The van der Waals surface area contributed by atoms with E-state index < -0.39 is 11.7 Å². The Morgan fingerprint density at radius 2 is 1.78 bits per heavy atom. The molecule has 2 heterocycles. The highest BCUT2D eigenvalue weighted by Crippen LogP contribution is 2.40. The van der Waals surface area contributed by atoms with Crippen LogP contribution in [0.1, 0.15) is 16.7 Å². The summed E-state index contributed by atoms with van der Waals surface area (Å²) in [6, 6.07) is 11.3. The van der Waals surface area contributed by atoms with Gasteiger partial charge in [-0.3, -0.25) is 0 Å². The van der Waals surface area contributed by atoms with Gasteiger partial charge in [-0.1, -0.05) is 6.07 Å². The van der Waals surface area contributed by atoms with Crippen LogP contribution < -0.4 is 4.90 Å². The summed E-state index contributed by atoms with van der Waals surface area (Å²) in [4.78, 5) is 9.87. The Morgan fingerprint density at radius 1 is 1.00 bits per heavy atom. The Balaban J connectivity index is 1.72. The molecule has 0 spiro atoms. The van der Waals surface area contributed by atoms with E-state index in [9.17, 15) is 13.2 Å². The summed E-state index contributed by atoms with van der Waals surface area (Å²) >= 11 is 0. The maximum atomic E-state index is 13.3. The normalized spacial score (nSPS) is 13.3. The number of fused-ring (bicyclic) bond motifs is 1. The van der Waals surface area contributed by atoms with Gasteiger partial charge in [-0.25, -0.2) is 9.97 Å². The smallest absolute Gasteiger partial charge is 0.341 e. The van der Waals surface area contributed by atoms with Crippen LogP contribution in [0, 0.1) is 11.3 Å². The van der Waals surface area contributed by atoms with Gasteiger partial charge < -0.3 is 4.90 Å². The van der Waals surface area contributed by atoms with Gasteiger partial charge in [0.2, 0.25) is 0 Å². The van der Waals surface area contributed by atoms with Crippen molar-refractivity contribution in [3.63, 3.8) is 0 Å². The highest BCUT2D eigenvalue weighted by Gasteiger charge is 2.34. The van der Waals surface area contributed by atoms with Gasteiger partial charge in [0.1, 0.15) is 6.33 Å². The predicted octanol–water partition coefficient (Wildman–Crippen LogP) is 4.73. The molecule has 0 amide bonds. The quantitative estimate of drug-likeness (QED) is 0.658. The predicted molar refractivity (Wildman–Crippen MR) is 94.3 cm³/mol. The molecule has 0 fully saturated rings. The Bertz CT molecular complexity index is 1040. The maximum Gasteiger partial charge on any atom is 0.417 e. The van der Waals surface area contributed by atoms with Gasteiger partial charge in [0.15, 0.2) is 0 Å². The summed E-state index contributed by atoms with van der Waals surface area (Å²) in [6.45, 7) is 0.577. The van der Waals surface area contributed by atoms with E-state index in [1.807, 2.05) is 23.1 Å². The molecule has 0 N–H and O–H groups in total. The Hall–Kier alpha value is -3.40. The molecule has 27 heavy (non-hydrogen) atoms. The first-order chi connectivity index (χ1) is 13.0. The Labute approximate surface area is 153 Å². The lowest BCUT2D eigenvalue weighted by molar-refractivity contribution is -0.137. The van der Waals surface area contributed by atoms with E-state index in [0.29, 0.717) is 12.2 Å². The fourth-order valence-electron chi connectivity index (χ4n) is 3.33. The number of alkyl halides is 3. The molecule has 0 aliphatic carbocycles. The standard InChI is InChI=1S/C20H13F3N4/c21-20(22,23)18-8-17(3-1-15(18)9-24)27-6-5-14-7-13(2-4-19(14)27)16-10-25-12-26-11-16/h1-4,7-8,10-12H,5-6H2. The van der Waals surface area contributed by atoms with E-state index >= 15 is 0 Å². The van der Waals surface area contributed by atoms with Gasteiger partial charge in [0.25, 0.3) is 0 Å². The molecule has 0 saturated carbocycles. The molecular formula is C20H13F3N4. The van der Waals surface area contributed by atoms with Crippen LogP contribution in [0.15, 0.2) is 55.1 Å². The third kappa shape index (κ3) is 3.10. The zero-order chi connectivity index (χ0) is 19.0. The SMILES string of the molecule is N#Cc1ccc(N2CCc3cc(-c4cncnc4)ccc32)cc1C(F)(F)F. The monoisotopic (exact) mass is 366 g/mol. The van der Waals surface area contributed by atoms with Crippen molar-refractivity contribution in [1.82, 2.24) is 9.97 Å². The first-order valence-electron chi connectivity index (χ1n) is 8.24. The molecule has 0 radical (unpaired) electrons. The van der Waals surface area contributed by atoms with Gasteiger partial charge >= 0.3 is 6.18 Å². The third-order valence-electron chi connectivity index (χ3n) is 4.61. The topological polar surface area (TPSA) is 52.8 Å². The van der Waals surface area contributed by atoms with Gasteiger partial charge in [-0.2, -0.15) is 18.4 Å². The molecule has 1 aromatic heterocycles. The molecule has 1 aliphatic heterocycles. The van der Waals surface area contributed by atoms with Crippen molar-refractivity contribution in [3.05, 3.63) is 71.8 Å². The largest absolute Gasteiger partial charge is 0.417 e. The van der Waals surface area contributed by atoms with Crippen LogP contribution >= 0.6 is 0 Å². The Morgan fingerprint density at radius 3 is 2.48 bits per heavy atom. The molecule has 4 nitrogen and oxygen atoms in total. The minimum Gasteiger partial charge on any atom is -0.341 e. The zero-order valence-corrected chi connectivity index (χ0v) is 14.0. The zero-order valence-electron chi connectivity index (χ0n) is 14.0. The second-order valence-corrected chi connectivity index (χ2v) is 6.21. The highest BCUT2D eigenvalue weighted by atomic mass is 19.4. The van der Waals surface area contributed by atoms with Crippen molar-refractivity contribution < 1.29 is 13.2 Å². The molecule has 2 aromatic carbocycles. The van der Waals surface area contributed by atoms with Crippen LogP contribution in [0.4, 0.5) is 24.5 Å². The fourth-order valence-corrected chi connectivity index (χ4v) is 3.33. The second kappa shape index (κ2) is 6.40. The lowest BCUT2D eigenvalue weighted by atomic mass is 10.0. The molecule has 0 saturated heterocycles. The van der Waals surface area contributed by atoms with Crippen molar-refractivity contribution >= 4 is 11.4 Å². The van der Waals surface area contributed by atoms with Crippen LogP contribution in [0.3, 0.4) is 0 Å². The van der Waals surface area contributed by atoms with E-state index in [-0.39, 0.29) is 5.56 Å². The van der Waals surface area contributed by atoms with Gasteiger partial charge in [0.05, 0.1) is 17.2 Å². The summed E-state index contributed by atoms with van der Waals surface area (Å²) < 4.78 is 39.8. The number of anilines is 2. The number of nitriles is 1. The van der Waals surface area contributed by atoms with E-state index in [2.05, 4.69) is 9.97 Å². The average Bonchev–Trinajstić information content (AvgIpc) is 3.10. The second-order valence-electron chi connectivity index (χ2n) is 6.21. The number of halogens is 3. The van der Waals surface area contributed by atoms with E-state index in [1.165, 1.54) is 12.4 Å².